The molecule has 0 saturated carbocycles. The zero-order valence-electron chi connectivity index (χ0n) is 13.0. The fraction of sp³-hybridized carbons (Fsp3) is 0.500. The molecule has 1 heterocycles. The Morgan fingerprint density at radius 1 is 1.25 bits per heavy atom. The van der Waals surface area contributed by atoms with Crippen LogP contribution < -0.4 is 16.0 Å². The van der Waals surface area contributed by atoms with Gasteiger partial charge in [-0.15, -0.1) is 0 Å². The van der Waals surface area contributed by atoms with Gasteiger partial charge in [-0.3, -0.25) is 4.79 Å². The third kappa shape index (κ3) is 5.14. The molecule has 8 heteroatoms. The Hall–Kier alpha value is -2.25. The Bertz CT molecular complexity index is 563. The highest BCUT2D eigenvalue weighted by Crippen LogP contribution is 2.34. The predicted molar refractivity (Wildman–Crippen MR) is 82.4 cm³/mol. The molecule has 2 atom stereocenters. The van der Waals surface area contributed by atoms with E-state index in [9.17, 15) is 22.8 Å². The van der Waals surface area contributed by atoms with E-state index < -0.39 is 30.7 Å². The van der Waals surface area contributed by atoms with Gasteiger partial charge in [0.05, 0.1) is 5.92 Å². The summed E-state index contributed by atoms with van der Waals surface area (Å²) in [7, 11) is 0. The number of halogens is 3. The van der Waals surface area contributed by atoms with Crippen LogP contribution in [0.1, 0.15) is 30.7 Å². The van der Waals surface area contributed by atoms with Gasteiger partial charge in [-0.2, -0.15) is 13.2 Å². The van der Waals surface area contributed by atoms with E-state index in [1.54, 1.807) is 6.07 Å². The van der Waals surface area contributed by atoms with Crippen molar-refractivity contribution in [2.75, 3.05) is 13.1 Å². The second-order valence-electron chi connectivity index (χ2n) is 5.70. The normalized spacial score (nSPS) is 19.8. The van der Waals surface area contributed by atoms with Crippen LogP contribution in [0.15, 0.2) is 30.3 Å². The Balaban J connectivity index is 1.94. The molecule has 0 aromatic heterocycles. The van der Waals surface area contributed by atoms with Gasteiger partial charge in [0.1, 0.15) is 6.04 Å². The predicted octanol–water partition coefficient (Wildman–Crippen LogP) is 2.30. The topological polar surface area (TPSA) is 70.2 Å². The molecule has 1 aromatic rings. The number of benzene rings is 1. The molecule has 24 heavy (non-hydrogen) atoms. The SMILES string of the molecule is O=C(NC[C@@H](c1ccccc1)C(F)(F)F)N[C@@H]1CCCCNC1=O. The van der Waals surface area contributed by atoms with Gasteiger partial charge in [-0.25, -0.2) is 4.79 Å². The first-order valence-corrected chi connectivity index (χ1v) is 7.81. The third-order valence-electron chi connectivity index (χ3n) is 3.90. The zero-order chi connectivity index (χ0) is 17.6. The zero-order valence-corrected chi connectivity index (χ0v) is 13.0. The van der Waals surface area contributed by atoms with Crippen LogP contribution in [-0.2, 0) is 4.79 Å². The molecular weight excluding hydrogens is 323 g/mol. The summed E-state index contributed by atoms with van der Waals surface area (Å²) in [4.78, 5) is 23.6. The van der Waals surface area contributed by atoms with Crippen molar-refractivity contribution in [1.82, 2.24) is 16.0 Å². The van der Waals surface area contributed by atoms with Gasteiger partial charge < -0.3 is 16.0 Å². The van der Waals surface area contributed by atoms with Crippen molar-refractivity contribution < 1.29 is 22.8 Å². The van der Waals surface area contributed by atoms with Crippen molar-refractivity contribution >= 4 is 11.9 Å². The summed E-state index contributed by atoms with van der Waals surface area (Å²) in [6.45, 7) is -0.0452. The first-order valence-electron chi connectivity index (χ1n) is 7.81. The highest BCUT2D eigenvalue weighted by Gasteiger charge is 2.40. The van der Waals surface area contributed by atoms with E-state index in [2.05, 4.69) is 16.0 Å². The highest BCUT2D eigenvalue weighted by atomic mass is 19.4. The summed E-state index contributed by atoms with van der Waals surface area (Å²) < 4.78 is 39.6. The van der Waals surface area contributed by atoms with Crippen LogP contribution >= 0.6 is 0 Å². The Kier molecular flexibility index (Phi) is 6.05. The van der Waals surface area contributed by atoms with Crippen LogP contribution in [0, 0.1) is 0 Å². The summed E-state index contributed by atoms with van der Waals surface area (Å²) >= 11 is 0. The summed E-state index contributed by atoms with van der Waals surface area (Å²) in [6.07, 6.45) is -2.43. The van der Waals surface area contributed by atoms with E-state index in [-0.39, 0.29) is 11.5 Å². The Morgan fingerprint density at radius 3 is 2.62 bits per heavy atom. The molecule has 0 radical (unpaired) electrons. The minimum Gasteiger partial charge on any atom is -0.354 e. The minimum absolute atomic E-state index is 0.0810. The van der Waals surface area contributed by atoms with Crippen molar-refractivity contribution in [3.05, 3.63) is 35.9 Å². The number of carbonyl (C=O) groups excluding carboxylic acids is 2. The van der Waals surface area contributed by atoms with Crippen molar-refractivity contribution in [2.24, 2.45) is 0 Å². The average Bonchev–Trinajstić information content (AvgIpc) is 2.72. The van der Waals surface area contributed by atoms with Gasteiger partial charge in [0, 0.05) is 13.1 Å². The number of alkyl halides is 3. The second-order valence-corrected chi connectivity index (χ2v) is 5.70. The summed E-state index contributed by atoms with van der Waals surface area (Å²) in [5.74, 6) is -2.11. The molecule has 1 aromatic carbocycles. The van der Waals surface area contributed by atoms with Crippen LogP contribution in [0.4, 0.5) is 18.0 Å². The number of carbonyl (C=O) groups is 2. The monoisotopic (exact) mass is 343 g/mol. The largest absolute Gasteiger partial charge is 0.397 e. The molecule has 1 saturated heterocycles. The van der Waals surface area contributed by atoms with E-state index in [0.717, 1.165) is 12.8 Å². The van der Waals surface area contributed by atoms with Gasteiger partial charge in [-0.05, 0) is 24.8 Å². The molecule has 5 nitrogen and oxygen atoms in total. The van der Waals surface area contributed by atoms with Crippen molar-refractivity contribution in [3.63, 3.8) is 0 Å². The molecular formula is C16H20F3N3O2. The molecule has 0 unspecified atom stereocenters. The number of rotatable bonds is 4. The van der Waals surface area contributed by atoms with E-state index in [4.69, 9.17) is 0 Å². The maximum atomic E-state index is 13.2. The van der Waals surface area contributed by atoms with Crippen LogP contribution in [0.2, 0.25) is 0 Å². The lowest BCUT2D eigenvalue weighted by Crippen LogP contribution is -2.50. The van der Waals surface area contributed by atoms with Crippen molar-refractivity contribution in [3.8, 4) is 0 Å². The maximum absolute atomic E-state index is 13.2. The highest BCUT2D eigenvalue weighted by molar-refractivity contribution is 5.87. The average molecular weight is 343 g/mol. The smallest absolute Gasteiger partial charge is 0.354 e. The minimum atomic E-state index is -4.48. The molecule has 0 spiro atoms. The summed E-state index contributed by atoms with van der Waals surface area (Å²) in [5.41, 5.74) is 0.0810. The first-order chi connectivity index (χ1) is 11.4. The molecule has 0 aliphatic carbocycles. The van der Waals surface area contributed by atoms with Crippen LogP contribution in [-0.4, -0.2) is 37.2 Å². The number of nitrogens with one attached hydrogen (secondary N) is 3. The lowest BCUT2D eigenvalue weighted by Gasteiger charge is -2.22. The first kappa shape index (κ1) is 18.1. The van der Waals surface area contributed by atoms with Crippen molar-refractivity contribution in [2.45, 2.75) is 37.4 Å². The summed E-state index contributed by atoms with van der Waals surface area (Å²) in [6, 6.07) is 5.92. The van der Waals surface area contributed by atoms with Gasteiger partial charge >= 0.3 is 12.2 Å². The van der Waals surface area contributed by atoms with Crippen molar-refractivity contribution in [1.29, 1.82) is 0 Å². The van der Waals surface area contributed by atoms with Gasteiger partial charge in [-0.1, -0.05) is 30.3 Å². The van der Waals surface area contributed by atoms with Gasteiger partial charge in [0.25, 0.3) is 0 Å². The second kappa shape index (κ2) is 8.03. The fourth-order valence-electron chi connectivity index (χ4n) is 2.59. The molecule has 1 aliphatic rings. The molecule has 1 aliphatic heterocycles. The Morgan fingerprint density at radius 2 is 1.96 bits per heavy atom. The molecule has 1 fully saturated rings. The van der Waals surface area contributed by atoms with Crippen LogP contribution in [0.3, 0.4) is 0 Å². The van der Waals surface area contributed by atoms with E-state index >= 15 is 0 Å². The Labute approximate surface area is 138 Å². The van der Waals surface area contributed by atoms with E-state index in [1.807, 2.05) is 0 Å². The lowest BCUT2D eigenvalue weighted by molar-refractivity contribution is -0.149. The van der Waals surface area contributed by atoms with E-state index in [0.29, 0.717) is 13.0 Å². The molecule has 3 amide bonds. The number of hydrogen-bond acceptors (Lipinski definition) is 2. The number of urea groups is 1. The fourth-order valence-corrected chi connectivity index (χ4v) is 2.59. The maximum Gasteiger partial charge on any atom is 0.397 e. The van der Waals surface area contributed by atoms with E-state index in [1.165, 1.54) is 24.3 Å². The third-order valence-corrected chi connectivity index (χ3v) is 3.90. The number of hydrogen-bond donors (Lipinski definition) is 3. The van der Waals surface area contributed by atoms with Gasteiger partial charge in [0.15, 0.2) is 0 Å². The molecule has 132 valence electrons. The van der Waals surface area contributed by atoms with Crippen LogP contribution in [0.5, 0.6) is 0 Å². The van der Waals surface area contributed by atoms with Crippen LogP contribution in [0.25, 0.3) is 0 Å². The molecule has 0 bridgehead atoms. The lowest BCUT2D eigenvalue weighted by atomic mass is 9.98. The molecule has 2 rings (SSSR count). The standard InChI is InChI=1S/C16H20F3N3O2/c17-16(18,19)12(11-6-2-1-3-7-11)10-21-15(24)22-13-8-4-5-9-20-14(13)23/h1-3,6-7,12-13H,4-5,8-10H2,(H,20,23)(H2,21,22,24)/t12-,13+/m0/s1. The van der Waals surface area contributed by atoms with Gasteiger partial charge in [0.2, 0.25) is 5.91 Å². The quantitative estimate of drug-likeness (QED) is 0.785. The summed E-state index contributed by atoms with van der Waals surface area (Å²) in [5, 5.41) is 7.32. The molecule has 3 N–H and O–H groups in total. The number of amides is 3.